The van der Waals surface area contributed by atoms with Gasteiger partial charge in [-0.1, -0.05) is 13.8 Å². The van der Waals surface area contributed by atoms with Crippen LogP contribution in [0, 0.1) is 11.8 Å². The monoisotopic (exact) mass is 373 g/mol. The predicted molar refractivity (Wildman–Crippen MR) is 97.9 cm³/mol. The lowest BCUT2D eigenvalue weighted by Crippen LogP contribution is -2.61. The second kappa shape index (κ2) is 8.57. The normalized spacial score (nSPS) is 27.0. The maximum atomic E-state index is 12.2. The highest BCUT2D eigenvalue weighted by Crippen LogP contribution is 2.32. The van der Waals surface area contributed by atoms with Crippen LogP contribution < -0.4 is 5.32 Å². The second-order valence-corrected chi connectivity index (χ2v) is 8.95. The fourth-order valence-corrected chi connectivity index (χ4v) is 3.28. The van der Waals surface area contributed by atoms with Crippen molar-refractivity contribution in [2.45, 2.75) is 97.9 Å². The Bertz CT molecular complexity index is 497. The van der Waals surface area contributed by atoms with Crippen LogP contribution >= 0.6 is 0 Å². The Balaban J connectivity index is 2.95. The molecule has 0 radical (unpaired) electrons. The van der Waals surface area contributed by atoms with Crippen LogP contribution in [0.3, 0.4) is 0 Å². The van der Waals surface area contributed by atoms with E-state index in [9.17, 15) is 14.7 Å². The Kier molecular flexibility index (Phi) is 7.48. The molecule has 152 valence electrons. The topological polar surface area (TPSA) is 94.1 Å². The quantitative estimate of drug-likeness (QED) is 0.739. The van der Waals surface area contributed by atoms with Crippen LogP contribution in [-0.4, -0.2) is 46.8 Å². The van der Waals surface area contributed by atoms with Crippen molar-refractivity contribution in [3.05, 3.63) is 0 Å². The van der Waals surface area contributed by atoms with E-state index < -0.39 is 41.5 Å². The molecule has 0 aliphatic carbocycles. The minimum absolute atomic E-state index is 0.249. The van der Waals surface area contributed by atoms with Crippen molar-refractivity contribution in [3.8, 4) is 0 Å². The molecule has 0 aromatic rings. The molecule has 1 aliphatic heterocycles. The summed E-state index contributed by atoms with van der Waals surface area (Å²) in [6.45, 7) is 14.8. The number of hydrogen-bond acceptors (Lipinski definition) is 5. The van der Waals surface area contributed by atoms with Crippen molar-refractivity contribution in [2.24, 2.45) is 11.8 Å². The van der Waals surface area contributed by atoms with Crippen molar-refractivity contribution < 1.29 is 28.9 Å². The van der Waals surface area contributed by atoms with Crippen molar-refractivity contribution in [3.63, 3.8) is 0 Å². The van der Waals surface area contributed by atoms with Gasteiger partial charge in [-0.15, -0.1) is 0 Å². The van der Waals surface area contributed by atoms with E-state index in [1.54, 1.807) is 34.6 Å². The first-order valence-electron chi connectivity index (χ1n) is 9.28. The number of carboxylic acid groups (broad SMARTS) is 1. The molecular weight excluding hydrogens is 338 g/mol. The van der Waals surface area contributed by atoms with E-state index in [1.165, 1.54) is 0 Å². The number of alkyl carbamates (subject to hydrolysis) is 1. The molecule has 1 aliphatic rings. The number of nitrogens with one attached hydrogen (secondary N) is 1. The van der Waals surface area contributed by atoms with E-state index in [2.05, 4.69) is 5.32 Å². The highest BCUT2D eigenvalue weighted by atomic mass is 16.7. The smallest absolute Gasteiger partial charge is 0.408 e. The number of carbonyl (C=O) groups is 2. The van der Waals surface area contributed by atoms with Gasteiger partial charge in [0.2, 0.25) is 0 Å². The van der Waals surface area contributed by atoms with Crippen LogP contribution in [0.25, 0.3) is 0 Å². The maximum Gasteiger partial charge on any atom is 0.408 e. The standard InChI is InChI=1S/C19H35NO6/c1-11(2)9-13(16(21)22)10-14-15(12(3)24-19(7,8)25-14)20-17(23)26-18(4,5)6/h11-15H,9-10H2,1-8H3,(H,20,23)(H,21,22)/t12-,13-,14-,15+/m1/s1. The average Bonchev–Trinajstić information content (AvgIpc) is 2.38. The number of carbonyl (C=O) groups excluding carboxylic acids is 1. The summed E-state index contributed by atoms with van der Waals surface area (Å²) in [6, 6.07) is -0.494. The van der Waals surface area contributed by atoms with E-state index in [0.717, 1.165) is 0 Å². The first kappa shape index (κ1) is 22.7. The van der Waals surface area contributed by atoms with Crippen LogP contribution in [0.15, 0.2) is 0 Å². The fourth-order valence-electron chi connectivity index (χ4n) is 3.28. The number of ether oxygens (including phenoxy) is 3. The van der Waals surface area contributed by atoms with Gasteiger partial charge in [0.05, 0.1) is 24.2 Å². The van der Waals surface area contributed by atoms with Crippen LogP contribution in [0.4, 0.5) is 4.79 Å². The van der Waals surface area contributed by atoms with Gasteiger partial charge in [0.25, 0.3) is 0 Å². The van der Waals surface area contributed by atoms with Crippen molar-refractivity contribution in [1.82, 2.24) is 5.32 Å². The molecule has 1 heterocycles. The van der Waals surface area contributed by atoms with E-state index in [1.807, 2.05) is 20.8 Å². The Morgan fingerprint density at radius 1 is 1.23 bits per heavy atom. The molecule has 1 fully saturated rings. The number of aliphatic carboxylic acids is 1. The number of amides is 1. The number of carboxylic acids is 1. The summed E-state index contributed by atoms with van der Waals surface area (Å²) in [4.78, 5) is 23.9. The van der Waals surface area contributed by atoms with E-state index in [0.29, 0.717) is 12.8 Å². The molecule has 2 N–H and O–H groups in total. The molecule has 7 heteroatoms. The summed E-state index contributed by atoms with van der Waals surface area (Å²) in [5, 5.41) is 12.4. The zero-order chi connectivity index (χ0) is 20.3. The van der Waals surface area contributed by atoms with Gasteiger partial charge in [-0.3, -0.25) is 4.79 Å². The first-order chi connectivity index (χ1) is 11.7. The van der Waals surface area contributed by atoms with Crippen LogP contribution in [0.2, 0.25) is 0 Å². The largest absolute Gasteiger partial charge is 0.481 e. The van der Waals surface area contributed by atoms with Crippen molar-refractivity contribution in [1.29, 1.82) is 0 Å². The van der Waals surface area contributed by atoms with Gasteiger partial charge < -0.3 is 24.6 Å². The Morgan fingerprint density at radius 2 is 1.81 bits per heavy atom. The lowest BCUT2D eigenvalue weighted by molar-refractivity contribution is -0.307. The fraction of sp³-hybridized carbons (Fsp3) is 0.895. The van der Waals surface area contributed by atoms with Gasteiger partial charge in [-0.05, 0) is 60.3 Å². The van der Waals surface area contributed by atoms with E-state index in [4.69, 9.17) is 14.2 Å². The van der Waals surface area contributed by atoms with Crippen LogP contribution in [-0.2, 0) is 19.0 Å². The maximum absolute atomic E-state index is 12.2. The molecule has 0 bridgehead atoms. The highest BCUT2D eigenvalue weighted by Gasteiger charge is 2.44. The summed E-state index contributed by atoms with van der Waals surface area (Å²) >= 11 is 0. The summed E-state index contributed by atoms with van der Waals surface area (Å²) in [6.07, 6.45) is -0.553. The van der Waals surface area contributed by atoms with Crippen LogP contribution in [0.1, 0.15) is 68.2 Å². The molecule has 0 saturated carbocycles. The predicted octanol–water partition coefficient (Wildman–Crippen LogP) is 3.56. The van der Waals surface area contributed by atoms with Gasteiger partial charge in [0.15, 0.2) is 5.79 Å². The molecule has 0 aromatic heterocycles. The molecule has 1 rings (SSSR count). The molecule has 0 spiro atoms. The van der Waals surface area contributed by atoms with Gasteiger partial charge in [0.1, 0.15) is 5.60 Å². The SMILES string of the molecule is CC(C)C[C@H](C[C@H]1OC(C)(C)O[C@H](C)[C@@H]1NC(=O)OC(C)(C)C)C(=O)O. The molecule has 26 heavy (non-hydrogen) atoms. The second-order valence-electron chi connectivity index (χ2n) is 8.95. The number of hydrogen-bond donors (Lipinski definition) is 2. The third kappa shape index (κ3) is 7.50. The third-order valence-electron chi connectivity index (χ3n) is 4.12. The molecule has 7 nitrogen and oxygen atoms in total. The summed E-state index contributed by atoms with van der Waals surface area (Å²) in [5.41, 5.74) is -0.625. The lowest BCUT2D eigenvalue weighted by atomic mass is 9.88. The average molecular weight is 373 g/mol. The Morgan fingerprint density at radius 3 is 2.27 bits per heavy atom. The minimum atomic E-state index is -0.852. The minimum Gasteiger partial charge on any atom is -0.481 e. The summed E-state index contributed by atoms with van der Waals surface area (Å²) < 4.78 is 17.2. The van der Waals surface area contributed by atoms with Gasteiger partial charge in [-0.25, -0.2) is 4.79 Å². The van der Waals surface area contributed by atoms with Crippen molar-refractivity contribution >= 4 is 12.1 Å². The highest BCUT2D eigenvalue weighted by molar-refractivity contribution is 5.70. The lowest BCUT2D eigenvalue weighted by Gasteiger charge is -2.45. The summed E-state index contributed by atoms with van der Waals surface area (Å²) in [7, 11) is 0. The zero-order valence-corrected chi connectivity index (χ0v) is 17.3. The molecule has 4 atom stereocenters. The molecule has 0 aromatic carbocycles. The third-order valence-corrected chi connectivity index (χ3v) is 4.12. The van der Waals surface area contributed by atoms with Gasteiger partial charge >= 0.3 is 12.1 Å². The first-order valence-corrected chi connectivity index (χ1v) is 9.28. The molecule has 1 saturated heterocycles. The Labute approximate surface area is 156 Å². The molecule has 0 unspecified atom stereocenters. The number of rotatable bonds is 6. The van der Waals surface area contributed by atoms with Crippen molar-refractivity contribution in [2.75, 3.05) is 0 Å². The zero-order valence-electron chi connectivity index (χ0n) is 17.3. The van der Waals surface area contributed by atoms with Crippen LogP contribution in [0.5, 0.6) is 0 Å². The van der Waals surface area contributed by atoms with E-state index in [-0.39, 0.29) is 12.0 Å². The van der Waals surface area contributed by atoms with Gasteiger partial charge in [-0.2, -0.15) is 0 Å². The molecular formula is C19H35NO6. The van der Waals surface area contributed by atoms with E-state index >= 15 is 0 Å². The summed E-state index contributed by atoms with van der Waals surface area (Å²) in [5.74, 6) is -2.00. The molecule has 1 amide bonds. The Hall–Kier alpha value is -1.34. The van der Waals surface area contributed by atoms with Gasteiger partial charge in [0, 0.05) is 0 Å².